The molecule has 12 heteroatoms. The molecular formula is C7H13N3O9. The molecule has 0 aromatic carbocycles. The molecule has 12 nitrogen and oxygen atoms in total. The summed E-state index contributed by atoms with van der Waals surface area (Å²) in [5, 5.41) is 25.5. The first-order chi connectivity index (χ1) is 8.91. The summed E-state index contributed by atoms with van der Waals surface area (Å²) in [7, 11) is 0. The number of hydrogen-bond acceptors (Lipinski definition) is 9. The molecule has 0 rings (SSSR count). The Morgan fingerprint density at radius 3 is 1.32 bits per heavy atom. The fourth-order valence-electron chi connectivity index (χ4n) is 0.519. The maximum Gasteiger partial charge on any atom is 0.294 e. The quantitative estimate of drug-likeness (QED) is 0.353. The summed E-state index contributed by atoms with van der Waals surface area (Å²) in [6.07, 6.45) is -1.55. The van der Waals surface area contributed by atoms with Gasteiger partial charge < -0.3 is 14.5 Å². The average Bonchev–Trinajstić information content (AvgIpc) is 2.37. The van der Waals surface area contributed by atoms with Crippen LogP contribution < -0.4 is 0 Å². The van der Waals surface area contributed by atoms with E-state index in [0.717, 1.165) is 0 Å². The largest absolute Gasteiger partial charge is 0.311 e. The molecule has 19 heavy (non-hydrogen) atoms. The third kappa shape index (κ3) is 21.0. The van der Waals surface area contributed by atoms with E-state index in [1.165, 1.54) is 0 Å². The van der Waals surface area contributed by atoms with Gasteiger partial charge in [0.15, 0.2) is 6.10 Å². The molecular weight excluding hydrogens is 270 g/mol. The fraction of sp³-hybridized carbons (Fsp3) is 0.429. The molecule has 0 bridgehead atoms. The Morgan fingerprint density at radius 1 is 0.789 bits per heavy atom. The van der Waals surface area contributed by atoms with Gasteiger partial charge in [-0.1, -0.05) is 0 Å². The number of hydrogen-bond donors (Lipinski definition) is 0. The molecule has 0 heterocycles. The lowest BCUT2D eigenvalue weighted by Gasteiger charge is -2.11. The van der Waals surface area contributed by atoms with Gasteiger partial charge in [0, 0.05) is 0 Å². The van der Waals surface area contributed by atoms with Crippen molar-refractivity contribution in [1.29, 1.82) is 0 Å². The van der Waals surface area contributed by atoms with Gasteiger partial charge >= 0.3 is 0 Å². The fourth-order valence-corrected chi connectivity index (χ4v) is 0.519. The van der Waals surface area contributed by atoms with Crippen LogP contribution in [-0.2, 0) is 14.5 Å². The molecule has 0 aromatic rings. The maximum absolute atomic E-state index is 9.83. The molecule has 0 saturated carbocycles. The van der Waals surface area contributed by atoms with E-state index in [0.29, 0.717) is 0 Å². The Bertz CT molecular complexity index is 265. The monoisotopic (exact) mass is 283 g/mol. The van der Waals surface area contributed by atoms with Crippen molar-refractivity contribution in [3.63, 3.8) is 0 Å². The van der Waals surface area contributed by atoms with Gasteiger partial charge in [-0.05, 0) is 0 Å². The second kappa shape index (κ2) is 15.1. The minimum Gasteiger partial charge on any atom is -0.311 e. The first-order valence-electron chi connectivity index (χ1n) is 4.27. The third-order valence-corrected chi connectivity index (χ3v) is 0.967. The van der Waals surface area contributed by atoms with Crippen molar-refractivity contribution in [2.75, 3.05) is 13.2 Å². The van der Waals surface area contributed by atoms with Gasteiger partial charge in [-0.3, -0.25) is 0 Å². The minimum absolute atomic E-state index is 0.845. The summed E-state index contributed by atoms with van der Waals surface area (Å²) >= 11 is 0. The van der Waals surface area contributed by atoms with Gasteiger partial charge in [0.25, 0.3) is 15.3 Å². The van der Waals surface area contributed by atoms with Gasteiger partial charge in [-0.2, -0.15) is 0 Å². The lowest BCUT2D eigenvalue weighted by Crippen LogP contribution is -2.30. The summed E-state index contributed by atoms with van der Waals surface area (Å²) in [5.41, 5.74) is 0. The van der Waals surface area contributed by atoms with Gasteiger partial charge in [0.2, 0.25) is 0 Å². The molecule has 0 N–H and O–H groups in total. The smallest absolute Gasteiger partial charge is 0.294 e. The van der Waals surface area contributed by atoms with Crippen LogP contribution in [0, 0.1) is 30.3 Å². The Hall–Kier alpha value is -2.92. The van der Waals surface area contributed by atoms with E-state index >= 15 is 0 Å². The summed E-state index contributed by atoms with van der Waals surface area (Å²) < 4.78 is 0. The SMILES string of the molecule is C=C.C=C.O=[N+]([O-])OCC(CO[N+](=O)[O-])O[N+](=O)[O-]. The molecule has 110 valence electrons. The van der Waals surface area contributed by atoms with E-state index < -0.39 is 34.6 Å². The van der Waals surface area contributed by atoms with Crippen LogP contribution in [0.15, 0.2) is 26.3 Å². The third-order valence-electron chi connectivity index (χ3n) is 0.967. The predicted molar refractivity (Wildman–Crippen MR) is 60.3 cm³/mol. The molecule has 0 unspecified atom stereocenters. The average molecular weight is 283 g/mol. The molecule has 0 aromatic heterocycles. The zero-order valence-electron chi connectivity index (χ0n) is 9.84. The molecule has 0 aliphatic carbocycles. The Kier molecular flexibility index (Phi) is 17.0. The van der Waals surface area contributed by atoms with Crippen LogP contribution in [0.4, 0.5) is 0 Å². The van der Waals surface area contributed by atoms with Crippen LogP contribution in [0.2, 0.25) is 0 Å². The van der Waals surface area contributed by atoms with Crippen molar-refractivity contribution in [3.8, 4) is 0 Å². The van der Waals surface area contributed by atoms with Crippen LogP contribution in [0.3, 0.4) is 0 Å². The van der Waals surface area contributed by atoms with Crippen molar-refractivity contribution < 1.29 is 29.8 Å². The highest BCUT2D eigenvalue weighted by atomic mass is 17.0. The second-order valence-corrected chi connectivity index (χ2v) is 1.99. The Morgan fingerprint density at radius 2 is 1.11 bits per heavy atom. The van der Waals surface area contributed by atoms with Crippen LogP contribution in [-0.4, -0.2) is 34.6 Å². The predicted octanol–water partition coefficient (Wildman–Crippen LogP) is 0.584. The van der Waals surface area contributed by atoms with Gasteiger partial charge in [-0.15, -0.1) is 56.7 Å². The first-order valence-corrected chi connectivity index (χ1v) is 4.27. The zero-order valence-corrected chi connectivity index (χ0v) is 9.84. The molecule has 0 amide bonds. The summed E-state index contributed by atoms with van der Waals surface area (Å²) in [5.74, 6) is 0. The minimum atomic E-state index is -1.55. The highest BCUT2D eigenvalue weighted by Gasteiger charge is 2.17. The molecule has 0 spiro atoms. The van der Waals surface area contributed by atoms with Crippen molar-refractivity contribution in [2.45, 2.75) is 6.10 Å². The van der Waals surface area contributed by atoms with E-state index in [1.807, 2.05) is 0 Å². The van der Waals surface area contributed by atoms with E-state index in [9.17, 15) is 30.3 Å². The molecule has 0 aliphatic rings. The molecule has 0 radical (unpaired) electrons. The lowest BCUT2D eigenvalue weighted by molar-refractivity contribution is -0.803. The molecule has 0 aliphatic heterocycles. The first kappa shape index (κ1) is 21.4. The summed E-state index contributed by atoms with van der Waals surface area (Å²) in [6.45, 7) is 10.3. The van der Waals surface area contributed by atoms with Crippen LogP contribution in [0.5, 0.6) is 0 Å². The normalized spacial score (nSPS) is 7.84. The molecule has 0 saturated heterocycles. The summed E-state index contributed by atoms with van der Waals surface area (Å²) in [4.78, 5) is 40.5. The number of rotatable bonds is 8. The zero-order chi connectivity index (χ0) is 15.8. The molecule has 0 fully saturated rings. The van der Waals surface area contributed by atoms with Crippen LogP contribution in [0.25, 0.3) is 0 Å². The van der Waals surface area contributed by atoms with Crippen molar-refractivity contribution in [1.82, 2.24) is 0 Å². The van der Waals surface area contributed by atoms with E-state index in [4.69, 9.17) is 0 Å². The number of nitrogens with zero attached hydrogens (tertiary/aromatic N) is 3. The van der Waals surface area contributed by atoms with E-state index in [2.05, 4.69) is 40.8 Å². The lowest BCUT2D eigenvalue weighted by atomic mass is 10.4. The maximum atomic E-state index is 9.83. The second-order valence-electron chi connectivity index (χ2n) is 1.99. The highest BCUT2D eigenvalue weighted by molar-refractivity contribution is 4.49. The van der Waals surface area contributed by atoms with Crippen molar-refractivity contribution >= 4 is 0 Å². The van der Waals surface area contributed by atoms with Crippen molar-refractivity contribution in [2.24, 2.45) is 0 Å². The molecule has 0 atom stereocenters. The van der Waals surface area contributed by atoms with Crippen molar-refractivity contribution in [3.05, 3.63) is 56.7 Å². The standard InChI is InChI=1S/C3H5N3O9.2C2H4/c7-4(8)13-1-3(15-6(11)12)2-14-5(9)10;2*1-2/h3H,1-2H2;2*1-2H2. The van der Waals surface area contributed by atoms with Gasteiger partial charge in [-0.25, -0.2) is 0 Å². The summed E-state index contributed by atoms with van der Waals surface area (Å²) in [6, 6.07) is 0. The van der Waals surface area contributed by atoms with Gasteiger partial charge in [0.05, 0.1) is 0 Å². The van der Waals surface area contributed by atoms with Crippen LogP contribution in [0.1, 0.15) is 0 Å². The van der Waals surface area contributed by atoms with Gasteiger partial charge in [0.1, 0.15) is 13.2 Å². The Balaban J connectivity index is -0.000000579. The topological polar surface area (TPSA) is 157 Å². The highest BCUT2D eigenvalue weighted by Crippen LogP contribution is 1.96. The Labute approximate surface area is 107 Å². The van der Waals surface area contributed by atoms with Crippen LogP contribution >= 0.6 is 0 Å². The van der Waals surface area contributed by atoms with E-state index in [-0.39, 0.29) is 0 Å². The van der Waals surface area contributed by atoms with E-state index in [1.54, 1.807) is 0 Å².